The van der Waals surface area contributed by atoms with Crippen LogP contribution in [0.4, 0.5) is 5.69 Å². The number of aryl methyl sites for hydroxylation is 2. The molecule has 1 amide bonds. The van der Waals surface area contributed by atoms with Crippen LogP contribution in [0.25, 0.3) is 0 Å². The third-order valence-electron chi connectivity index (χ3n) is 4.30. The SMILES string of the molecule is Cc1ccc(S(=O)(=O)N[C@H]2CC(=O)N(c3ccccc3)C2)cc1C. The molecule has 2 aromatic rings. The van der Waals surface area contributed by atoms with Crippen molar-refractivity contribution in [2.75, 3.05) is 11.4 Å². The summed E-state index contributed by atoms with van der Waals surface area (Å²) >= 11 is 0. The zero-order chi connectivity index (χ0) is 17.3. The van der Waals surface area contributed by atoms with Crippen LogP contribution in [0.3, 0.4) is 0 Å². The molecule has 0 saturated carbocycles. The Bertz CT molecular complexity index is 863. The first-order chi connectivity index (χ1) is 11.4. The molecule has 5 nitrogen and oxygen atoms in total. The molecular weight excluding hydrogens is 324 g/mol. The Labute approximate surface area is 142 Å². The Kier molecular flexibility index (Phi) is 4.43. The molecule has 0 bridgehead atoms. The van der Waals surface area contributed by atoms with E-state index in [9.17, 15) is 13.2 Å². The first-order valence-electron chi connectivity index (χ1n) is 7.82. The topological polar surface area (TPSA) is 66.5 Å². The van der Waals surface area contributed by atoms with Crippen LogP contribution in [-0.2, 0) is 14.8 Å². The van der Waals surface area contributed by atoms with Gasteiger partial charge >= 0.3 is 0 Å². The highest BCUT2D eigenvalue weighted by Gasteiger charge is 2.33. The Hall–Kier alpha value is -2.18. The monoisotopic (exact) mass is 344 g/mol. The number of benzene rings is 2. The average Bonchev–Trinajstić information content (AvgIpc) is 2.90. The Morgan fingerprint density at radius 3 is 2.42 bits per heavy atom. The highest BCUT2D eigenvalue weighted by molar-refractivity contribution is 7.89. The van der Waals surface area contributed by atoms with E-state index >= 15 is 0 Å². The van der Waals surface area contributed by atoms with Crippen LogP contribution in [0.5, 0.6) is 0 Å². The van der Waals surface area contributed by atoms with Crippen molar-refractivity contribution in [3.63, 3.8) is 0 Å². The zero-order valence-corrected chi connectivity index (χ0v) is 14.5. The van der Waals surface area contributed by atoms with Crippen molar-refractivity contribution in [1.29, 1.82) is 0 Å². The molecule has 6 heteroatoms. The second-order valence-corrected chi connectivity index (χ2v) is 7.82. The van der Waals surface area contributed by atoms with Gasteiger partial charge < -0.3 is 4.90 Å². The van der Waals surface area contributed by atoms with Gasteiger partial charge in [0.15, 0.2) is 0 Å². The summed E-state index contributed by atoms with van der Waals surface area (Å²) in [6.07, 6.45) is 0.166. The van der Waals surface area contributed by atoms with Crippen LogP contribution in [0, 0.1) is 13.8 Å². The van der Waals surface area contributed by atoms with Crippen LogP contribution < -0.4 is 9.62 Å². The highest BCUT2D eigenvalue weighted by Crippen LogP contribution is 2.22. The van der Waals surface area contributed by atoms with Gasteiger partial charge in [0.1, 0.15) is 0 Å². The van der Waals surface area contributed by atoms with E-state index in [-0.39, 0.29) is 17.2 Å². The Morgan fingerprint density at radius 1 is 1.04 bits per heavy atom. The molecule has 0 aromatic heterocycles. The lowest BCUT2D eigenvalue weighted by Crippen LogP contribution is -2.37. The molecule has 0 radical (unpaired) electrons. The molecule has 0 unspecified atom stereocenters. The number of para-hydroxylation sites is 1. The summed E-state index contributed by atoms with van der Waals surface area (Å²) in [5, 5.41) is 0. The number of carbonyl (C=O) groups is 1. The molecule has 0 aliphatic carbocycles. The number of hydrogen-bond acceptors (Lipinski definition) is 3. The lowest BCUT2D eigenvalue weighted by Gasteiger charge is -2.17. The maximum atomic E-state index is 12.6. The van der Waals surface area contributed by atoms with E-state index in [1.807, 2.05) is 44.2 Å². The van der Waals surface area contributed by atoms with E-state index < -0.39 is 16.1 Å². The molecule has 1 fully saturated rings. The summed E-state index contributed by atoms with van der Waals surface area (Å²) in [5.74, 6) is -0.0750. The third-order valence-corrected chi connectivity index (χ3v) is 5.82. The standard InChI is InChI=1S/C18H20N2O3S/c1-13-8-9-17(10-14(13)2)24(22,23)19-15-11-18(21)20(12-15)16-6-4-3-5-7-16/h3-10,15,19H,11-12H2,1-2H3/t15-/m0/s1. The maximum absolute atomic E-state index is 12.6. The second-order valence-electron chi connectivity index (χ2n) is 6.11. The van der Waals surface area contributed by atoms with Gasteiger partial charge in [0, 0.05) is 24.7 Å². The molecule has 1 saturated heterocycles. The summed E-state index contributed by atoms with van der Waals surface area (Å²) in [4.78, 5) is 14.0. The van der Waals surface area contributed by atoms with Crippen LogP contribution in [-0.4, -0.2) is 26.9 Å². The van der Waals surface area contributed by atoms with E-state index in [2.05, 4.69) is 4.72 Å². The molecule has 1 N–H and O–H groups in total. The van der Waals surface area contributed by atoms with Gasteiger partial charge in [-0.2, -0.15) is 0 Å². The number of sulfonamides is 1. The molecular formula is C18H20N2O3S. The molecule has 24 heavy (non-hydrogen) atoms. The second kappa shape index (κ2) is 6.37. The van der Waals surface area contributed by atoms with E-state index in [4.69, 9.17) is 0 Å². The van der Waals surface area contributed by atoms with Crippen molar-refractivity contribution in [3.8, 4) is 0 Å². The summed E-state index contributed by atoms with van der Waals surface area (Å²) in [6.45, 7) is 4.16. The van der Waals surface area contributed by atoms with Crippen molar-refractivity contribution in [3.05, 3.63) is 59.7 Å². The van der Waals surface area contributed by atoms with Crippen molar-refractivity contribution in [2.45, 2.75) is 31.2 Å². The van der Waals surface area contributed by atoms with Gasteiger partial charge in [0.25, 0.3) is 0 Å². The lowest BCUT2D eigenvalue weighted by molar-refractivity contribution is -0.117. The summed E-state index contributed by atoms with van der Waals surface area (Å²) in [7, 11) is -3.64. The van der Waals surface area contributed by atoms with E-state index in [1.54, 1.807) is 23.1 Å². The lowest BCUT2D eigenvalue weighted by atomic mass is 10.1. The third kappa shape index (κ3) is 3.34. The number of rotatable bonds is 4. The van der Waals surface area contributed by atoms with Gasteiger partial charge in [-0.05, 0) is 49.2 Å². The van der Waals surface area contributed by atoms with Gasteiger partial charge in [0.05, 0.1) is 4.90 Å². The molecule has 1 atom stereocenters. The molecule has 2 aromatic carbocycles. The van der Waals surface area contributed by atoms with E-state index in [0.717, 1.165) is 16.8 Å². The quantitative estimate of drug-likeness (QED) is 0.926. The Morgan fingerprint density at radius 2 is 1.75 bits per heavy atom. The molecule has 1 heterocycles. The number of anilines is 1. The minimum Gasteiger partial charge on any atom is -0.311 e. The smallest absolute Gasteiger partial charge is 0.240 e. The van der Waals surface area contributed by atoms with Crippen LogP contribution >= 0.6 is 0 Å². The molecule has 3 rings (SSSR count). The van der Waals surface area contributed by atoms with Crippen molar-refractivity contribution >= 4 is 21.6 Å². The molecule has 1 aliphatic heterocycles. The predicted molar refractivity (Wildman–Crippen MR) is 93.4 cm³/mol. The largest absolute Gasteiger partial charge is 0.311 e. The first-order valence-corrected chi connectivity index (χ1v) is 9.30. The Balaban J connectivity index is 1.76. The first kappa shape index (κ1) is 16.7. The number of carbonyl (C=O) groups excluding carboxylic acids is 1. The van der Waals surface area contributed by atoms with Crippen molar-refractivity contribution < 1.29 is 13.2 Å². The van der Waals surface area contributed by atoms with Gasteiger partial charge in [-0.1, -0.05) is 24.3 Å². The minimum atomic E-state index is -3.64. The summed E-state index contributed by atoms with van der Waals surface area (Å²) < 4.78 is 27.8. The van der Waals surface area contributed by atoms with Crippen LogP contribution in [0.2, 0.25) is 0 Å². The number of nitrogens with zero attached hydrogens (tertiary/aromatic N) is 1. The summed E-state index contributed by atoms with van der Waals surface area (Å²) in [5.41, 5.74) is 2.75. The predicted octanol–water partition coefficient (Wildman–Crippen LogP) is 2.39. The van der Waals surface area contributed by atoms with Gasteiger partial charge in [-0.15, -0.1) is 0 Å². The van der Waals surface area contributed by atoms with Crippen LogP contribution in [0.15, 0.2) is 53.4 Å². The fraction of sp³-hybridized carbons (Fsp3) is 0.278. The normalized spacial score (nSPS) is 18.2. The summed E-state index contributed by atoms with van der Waals surface area (Å²) in [6, 6.07) is 13.9. The zero-order valence-electron chi connectivity index (χ0n) is 13.7. The highest BCUT2D eigenvalue weighted by atomic mass is 32.2. The number of amides is 1. The molecule has 1 aliphatic rings. The van der Waals surface area contributed by atoms with Crippen molar-refractivity contribution in [1.82, 2.24) is 4.72 Å². The fourth-order valence-corrected chi connectivity index (χ4v) is 4.12. The van der Waals surface area contributed by atoms with Gasteiger partial charge in [-0.25, -0.2) is 13.1 Å². The van der Waals surface area contributed by atoms with Gasteiger partial charge in [0.2, 0.25) is 15.9 Å². The number of hydrogen-bond donors (Lipinski definition) is 1. The fourth-order valence-electron chi connectivity index (χ4n) is 2.81. The maximum Gasteiger partial charge on any atom is 0.240 e. The number of nitrogens with one attached hydrogen (secondary N) is 1. The minimum absolute atomic E-state index is 0.0750. The van der Waals surface area contributed by atoms with E-state index in [1.165, 1.54) is 0 Å². The molecule has 126 valence electrons. The van der Waals surface area contributed by atoms with Crippen LogP contribution in [0.1, 0.15) is 17.5 Å². The van der Waals surface area contributed by atoms with Crippen molar-refractivity contribution in [2.24, 2.45) is 0 Å². The average molecular weight is 344 g/mol. The molecule has 0 spiro atoms. The van der Waals surface area contributed by atoms with Gasteiger partial charge in [-0.3, -0.25) is 4.79 Å². The van der Waals surface area contributed by atoms with E-state index in [0.29, 0.717) is 6.54 Å².